The van der Waals surface area contributed by atoms with E-state index in [2.05, 4.69) is 15.5 Å². The third kappa shape index (κ3) is 4.04. The number of halogens is 1. The first-order valence-corrected chi connectivity index (χ1v) is 9.02. The summed E-state index contributed by atoms with van der Waals surface area (Å²) in [7, 11) is 1.70. The first-order valence-electron chi connectivity index (χ1n) is 8.64. The second-order valence-corrected chi connectivity index (χ2v) is 6.71. The molecule has 0 unspecified atom stereocenters. The van der Waals surface area contributed by atoms with E-state index in [4.69, 9.17) is 11.6 Å². The molecule has 0 saturated heterocycles. The van der Waals surface area contributed by atoms with Gasteiger partial charge in [0, 0.05) is 36.0 Å². The van der Waals surface area contributed by atoms with Crippen molar-refractivity contribution >= 4 is 45.7 Å². The number of nitrogens with zero attached hydrogens (tertiary/aromatic N) is 3. The number of carbonyl (C=O) groups is 2. The number of aromatic nitrogens is 1. The standard InChI is InChI=1S/C20H19ClN4O3/c1-12-14(21)7-5-8-15(12)22-17(26)10-11-18(27)23-24-19-13-6-3-4-9-16(13)25(2)20(19)28/h3-9,28H,10-11H2,1-2H3,(H,22,26). The smallest absolute Gasteiger partial charge is 0.265 e. The topological polar surface area (TPSA) is 96.1 Å². The highest BCUT2D eigenvalue weighted by Gasteiger charge is 2.14. The van der Waals surface area contributed by atoms with Gasteiger partial charge in [-0.2, -0.15) is 0 Å². The fourth-order valence-corrected chi connectivity index (χ4v) is 2.96. The van der Waals surface area contributed by atoms with Gasteiger partial charge < -0.3 is 15.0 Å². The molecule has 0 fully saturated rings. The summed E-state index contributed by atoms with van der Waals surface area (Å²) in [4.78, 5) is 24.1. The molecule has 0 radical (unpaired) electrons. The van der Waals surface area contributed by atoms with Crippen LogP contribution in [0.1, 0.15) is 18.4 Å². The zero-order valence-electron chi connectivity index (χ0n) is 15.4. The number of aromatic hydroxyl groups is 1. The monoisotopic (exact) mass is 398 g/mol. The van der Waals surface area contributed by atoms with Crippen LogP contribution in [0.4, 0.5) is 11.4 Å². The van der Waals surface area contributed by atoms with Gasteiger partial charge in [0.05, 0.1) is 5.52 Å². The highest BCUT2D eigenvalue weighted by atomic mass is 35.5. The third-order valence-corrected chi connectivity index (χ3v) is 4.83. The predicted octanol–water partition coefficient (Wildman–Crippen LogP) is 4.87. The molecule has 1 heterocycles. The highest BCUT2D eigenvalue weighted by Crippen LogP contribution is 2.37. The van der Waals surface area contributed by atoms with Crippen LogP contribution in [0.15, 0.2) is 52.7 Å². The van der Waals surface area contributed by atoms with Crippen molar-refractivity contribution in [3.05, 3.63) is 53.1 Å². The van der Waals surface area contributed by atoms with Crippen LogP contribution < -0.4 is 5.32 Å². The molecule has 0 spiro atoms. The number of rotatable bonds is 5. The molecular formula is C20H19ClN4O3. The van der Waals surface area contributed by atoms with Crippen LogP contribution in [0.25, 0.3) is 10.9 Å². The summed E-state index contributed by atoms with van der Waals surface area (Å²) < 4.78 is 1.56. The molecule has 0 aliphatic rings. The van der Waals surface area contributed by atoms with Crippen LogP contribution in [0.2, 0.25) is 5.02 Å². The number of hydrogen-bond donors (Lipinski definition) is 2. The summed E-state index contributed by atoms with van der Waals surface area (Å²) in [6.45, 7) is 1.80. The Kier molecular flexibility index (Phi) is 5.75. The Labute approximate surface area is 166 Å². The van der Waals surface area contributed by atoms with Gasteiger partial charge in [-0.05, 0) is 30.7 Å². The lowest BCUT2D eigenvalue weighted by Crippen LogP contribution is -2.13. The van der Waals surface area contributed by atoms with Crippen LogP contribution in [0.5, 0.6) is 5.88 Å². The maximum atomic E-state index is 12.1. The summed E-state index contributed by atoms with van der Waals surface area (Å²) in [6.07, 6.45) is -0.133. The number of nitrogens with one attached hydrogen (secondary N) is 1. The SMILES string of the molecule is Cc1c(Cl)cccc1NC(=O)CCC(=O)N=Nc1c(O)n(C)c2ccccc12. The van der Waals surface area contributed by atoms with Crippen molar-refractivity contribution in [2.24, 2.45) is 17.3 Å². The minimum atomic E-state index is -0.551. The van der Waals surface area contributed by atoms with E-state index < -0.39 is 5.91 Å². The molecule has 0 saturated carbocycles. The molecule has 8 heteroatoms. The largest absolute Gasteiger partial charge is 0.493 e. The number of carbonyl (C=O) groups excluding carboxylic acids is 2. The number of amides is 2. The molecule has 0 atom stereocenters. The van der Waals surface area contributed by atoms with Gasteiger partial charge in [0.15, 0.2) is 5.69 Å². The van der Waals surface area contributed by atoms with Gasteiger partial charge in [0.2, 0.25) is 11.8 Å². The first kappa shape index (κ1) is 19.6. The summed E-state index contributed by atoms with van der Waals surface area (Å²) in [5, 5.41) is 21.7. The average Bonchev–Trinajstić information content (AvgIpc) is 2.93. The van der Waals surface area contributed by atoms with Crippen LogP contribution in [-0.4, -0.2) is 21.5 Å². The Morgan fingerprint density at radius 1 is 1.14 bits per heavy atom. The minimum Gasteiger partial charge on any atom is -0.493 e. The van der Waals surface area contributed by atoms with Crippen molar-refractivity contribution in [1.82, 2.24) is 4.57 Å². The van der Waals surface area contributed by atoms with Gasteiger partial charge in [-0.1, -0.05) is 35.9 Å². The molecule has 1 aromatic heterocycles. The number of aryl methyl sites for hydroxylation is 1. The van der Waals surface area contributed by atoms with Crippen molar-refractivity contribution in [3.8, 4) is 5.88 Å². The molecule has 7 nitrogen and oxygen atoms in total. The van der Waals surface area contributed by atoms with Gasteiger partial charge in [-0.15, -0.1) is 10.2 Å². The lowest BCUT2D eigenvalue weighted by Gasteiger charge is -2.08. The number of hydrogen-bond acceptors (Lipinski definition) is 4. The van der Waals surface area contributed by atoms with Crippen molar-refractivity contribution in [1.29, 1.82) is 0 Å². The summed E-state index contributed by atoms with van der Waals surface area (Å²) in [5.41, 5.74) is 2.37. The molecule has 144 valence electrons. The zero-order chi connectivity index (χ0) is 20.3. The van der Waals surface area contributed by atoms with Crippen LogP contribution in [0.3, 0.4) is 0 Å². The van der Waals surface area contributed by atoms with E-state index in [1.165, 1.54) is 0 Å². The molecule has 28 heavy (non-hydrogen) atoms. The van der Waals surface area contributed by atoms with E-state index in [0.717, 1.165) is 11.1 Å². The maximum absolute atomic E-state index is 12.1. The maximum Gasteiger partial charge on any atom is 0.265 e. The molecular weight excluding hydrogens is 380 g/mol. The van der Waals surface area contributed by atoms with Gasteiger partial charge in [0.25, 0.3) is 5.91 Å². The van der Waals surface area contributed by atoms with Crippen LogP contribution in [-0.2, 0) is 16.6 Å². The van der Waals surface area contributed by atoms with Gasteiger partial charge >= 0.3 is 0 Å². The number of fused-ring (bicyclic) bond motifs is 1. The quantitative estimate of drug-likeness (QED) is 0.599. The van der Waals surface area contributed by atoms with Crippen LogP contribution in [0, 0.1) is 6.92 Å². The molecule has 3 aromatic rings. The molecule has 3 rings (SSSR count). The van der Waals surface area contributed by atoms with Crippen molar-refractivity contribution in [3.63, 3.8) is 0 Å². The van der Waals surface area contributed by atoms with E-state index in [1.54, 1.807) is 42.8 Å². The Morgan fingerprint density at radius 2 is 1.89 bits per heavy atom. The van der Waals surface area contributed by atoms with Crippen molar-refractivity contribution in [2.75, 3.05) is 5.32 Å². The summed E-state index contributed by atoms with van der Waals surface area (Å²) >= 11 is 6.03. The number of benzene rings is 2. The second kappa shape index (κ2) is 8.22. The minimum absolute atomic E-state index is 0.0364. The van der Waals surface area contributed by atoms with E-state index in [-0.39, 0.29) is 30.3 Å². The zero-order valence-corrected chi connectivity index (χ0v) is 16.2. The normalized spacial score (nSPS) is 11.2. The lowest BCUT2D eigenvalue weighted by molar-refractivity contribution is -0.122. The Bertz CT molecular complexity index is 1090. The van der Waals surface area contributed by atoms with Crippen LogP contribution >= 0.6 is 11.6 Å². The fraction of sp³-hybridized carbons (Fsp3) is 0.200. The van der Waals surface area contributed by atoms with E-state index in [0.29, 0.717) is 16.1 Å². The highest BCUT2D eigenvalue weighted by molar-refractivity contribution is 6.31. The fourth-order valence-electron chi connectivity index (χ4n) is 2.79. The Morgan fingerprint density at radius 3 is 2.68 bits per heavy atom. The van der Waals surface area contributed by atoms with Crippen molar-refractivity contribution < 1.29 is 14.7 Å². The van der Waals surface area contributed by atoms with Gasteiger partial charge in [-0.3, -0.25) is 9.59 Å². The lowest BCUT2D eigenvalue weighted by atomic mass is 10.2. The predicted molar refractivity (Wildman–Crippen MR) is 108 cm³/mol. The van der Waals surface area contributed by atoms with Gasteiger partial charge in [-0.25, -0.2) is 0 Å². The summed E-state index contributed by atoms with van der Waals surface area (Å²) in [5.74, 6) is -0.945. The van der Waals surface area contributed by atoms with E-state index in [1.807, 2.05) is 18.2 Å². The Hall–Kier alpha value is -3.19. The first-order chi connectivity index (χ1) is 13.4. The molecule has 2 N–H and O–H groups in total. The van der Waals surface area contributed by atoms with Gasteiger partial charge in [0.1, 0.15) is 0 Å². The molecule has 0 aliphatic carbocycles. The second-order valence-electron chi connectivity index (χ2n) is 6.30. The number of anilines is 1. The van der Waals surface area contributed by atoms with E-state index in [9.17, 15) is 14.7 Å². The average molecular weight is 399 g/mol. The number of azo groups is 1. The molecule has 2 amide bonds. The third-order valence-electron chi connectivity index (χ3n) is 4.42. The molecule has 0 aliphatic heterocycles. The summed E-state index contributed by atoms with van der Waals surface area (Å²) in [6, 6.07) is 12.5. The molecule has 0 bridgehead atoms. The van der Waals surface area contributed by atoms with Crippen molar-refractivity contribution in [2.45, 2.75) is 19.8 Å². The molecule has 2 aromatic carbocycles. The van der Waals surface area contributed by atoms with E-state index >= 15 is 0 Å². The Balaban J connectivity index is 1.63. The number of para-hydroxylation sites is 1.